The van der Waals surface area contributed by atoms with Crippen molar-refractivity contribution in [3.63, 3.8) is 0 Å². The summed E-state index contributed by atoms with van der Waals surface area (Å²) in [4.78, 5) is 8.15. The van der Waals surface area contributed by atoms with E-state index >= 15 is 0 Å². The average Bonchev–Trinajstić information content (AvgIpc) is 2.29. The van der Waals surface area contributed by atoms with Crippen molar-refractivity contribution in [1.29, 1.82) is 0 Å². The molecule has 0 bridgehead atoms. The fraction of sp³-hybridized carbons (Fsp3) is 0.600. The minimum absolute atomic E-state index is 0. The van der Waals surface area contributed by atoms with Crippen LogP contribution >= 0.6 is 12.4 Å². The van der Waals surface area contributed by atoms with E-state index in [2.05, 4.69) is 15.3 Å². The van der Waals surface area contributed by atoms with E-state index in [1.807, 2.05) is 0 Å². The van der Waals surface area contributed by atoms with Gasteiger partial charge in [-0.25, -0.2) is 0 Å². The molecule has 1 atom stereocenters. The van der Waals surface area contributed by atoms with E-state index in [4.69, 9.17) is 4.74 Å². The largest absolute Gasteiger partial charge is 0.371 e. The summed E-state index contributed by atoms with van der Waals surface area (Å²) < 4.78 is 5.70. The molecule has 0 amide bonds. The fourth-order valence-electron chi connectivity index (χ4n) is 1.57. The van der Waals surface area contributed by atoms with Crippen LogP contribution in [0.15, 0.2) is 18.6 Å². The molecule has 1 aromatic heterocycles. The van der Waals surface area contributed by atoms with Crippen molar-refractivity contribution >= 4 is 12.4 Å². The second-order valence-corrected chi connectivity index (χ2v) is 3.48. The van der Waals surface area contributed by atoms with E-state index in [1.165, 1.54) is 6.42 Å². The van der Waals surface area contributed by atoms with Crippen LogP contribution in [0.2, 0.25) is 0 Å². The van der Waals surface area contributed by atoms with Crippen molar-refractivity contribution in [2.45, 2.75) is 25.6 Å². The maximum atomic E-state index is 5.70. The first kappa shape index (κ1) is 12.4. The molecule has 2 heterocycles. The number of ether oxygens (including phenoxy) is 1. The zero-order valence-electron chi connectivity index (χ0n) is 8.56. The first-order valence-electron chi connectivity index (χ1n) is 5.02. The van der Waals surface area contributed by atoms with Gasteiger partial charge in [-0.3, -0.25) is 9.97 Å². The smallest absolute Gasteiger partial charge is 0.0907 e. The summed E-state index contributed by atoms with van der Waals surface area (Å²) in [7, 11) is 0. The number of hydrogen-bond donors (Lipinski definition) is 1. The Hall–Kier alpha value is -0.710. The molecule has 0 radical (unpaired) electrons. The Balaban J connectivity index is 0.00000112. The predicted octanol–water partition coefficient (Wildman–Crippen LogP) is 1.17. The van der Waals surface area contributed by atoms with Crippen LogP contribution in [0.25, 0.3) is 0 Å². The molecule has 15 heavy (non-hydrogen) atoms. The van der Waals surface area contributed by atoms with E-state index in [-0.39, 0.29) is 12.4 Å². The Kier molecular flexibility index (Phi) is 5.53. The molecule has 5 heteroatoms. The monoisotopic (exact) mass is 229 g/mol. The molecule has 1 unspecified atom stereocenters. The summed E-state index contributed by atoms with van der Waals surface area (Å²) in [6, 6.07) is 0. The third kappa shape index (κ3) is 4.11. The van der Waals surface area contributed by atoms with E-state index < -0.39 is 0 Å². The van der Waals surface area contributed by atoms with Gasteiger partial charge in [0.15, 0.2) is 0 Å². The van der Waals surface area contributed by atoms with E-state index in [0.717, 1.165) is 25.2 Å². The Morgan fingerprint density at radius 2 is 2.40 bits per heavy atom. The fourth-order valence-corrected chi connectivity index (χ4v) is 1.57. The SMILES string of the molecule is Cl.c1cnc(COC2CCCNC2)cn1. The Morgan fingerprint density at radius 3 is 3.07 bits per heavy atom. The number of piperidine rings is 1. The first-order chi connectivity index (χ1) is 6.95. The topological polar surface area (TPSA) is 47.0 Å². The number of rotatable bonds is 3. The molecule has 0 aromatic carbocycles. The number of nitrogens with one attached hydrogen (secondary N) is 1. The molecule has 1 fully saturated rings. The predicted molar refractivity (Wildman–Crippen MR) is 60.0 cm³/mol. The highest BCUT2D eigenvalue weighted by Gasteiger charge is 2.12. The van der Waals surface area contributed by atoms with Crippen molar-refractivity contribution in [2.24, 2.45) is 0 Å². The first-order valence-corrected chi connectivity index (χ1v) is 5.02. The molecule has 0 spiro atoms. The van der Waals surface area contributed by atoms with E-state index in [9.17, 15) is 0 Å². The van der Waals surface area contributed by atoms with Crippen LogP contribution in [0.5, 0.6) is 0 Å². The van der Waals surface area contributed by atoms with Gasteiger partial charge in [0.25, 0.3) is 0 Å². The molecule has 0 aliphatic carbocycles. The van der Waals surface area contributed by atoms with E-state index in [1.54, 1.807) is 18.6 Å². The summed E-state index contributed by atoms with van der Waals surface area (Å²) in [6.45, 7) is 2.64. The second-order valence-electron chi connectivity index (χ2n) is 3.48. The minimum Gasteiger partial charge on any atom is -0.371 e. The zero-order valence-corrected chi connectivity index (χ0v) is 9.37. The van der Waals surface area contributed by atoms with Crippen LogP contribution in [0, 0.1) is 0 Å². The van der Waals surface area contributed by atoms with Gasteiger partial charge in [0.2, 0.25) is 0 Å². The van der Waals surface area contributed by atoms with E-state index in [0.29, 0.717) is 12.7 Å². The van der Waals surface area contributed by atoms with Gasteiger partial charge in [-0.15, -0.1) is 12.4 Å². The lowest BCUT2D eigenvalue weighted by Gasteiger charge is -2.22. The van der Waals surface area contributed by atoms with Gasteiger partial charge in [-0.05, 0) is 19.4 Å². The van der Waals surface area contributed by atoms with Gasteiger partial charge < -0.3 is 10.1 Å². The quantitative estimate of drug-likeness (QED) is 0.845. The Morgan fingerprint density at radius 1 is 1.47 bits per heavy atom. The van der Waals surface area contributed by atoms with Gasteiger partial charge in [0.05, 0.1) is 24.6 Å². The van der Waals surface area contributed by atoms with Gasteiger partial charge in [0.1, 0.15) is 0 Å². The van der Waals surface area contributed by atoms with Crippen LogP contribution in [-0.4, -0.2) is 29.2 Å². The maximum Gasteiger partial charge on any atom is 0.0907 e. The molecule has 1 N–H and O–H groups in total. The summed E-state index contributed by atoms with van der Waals surface area (Å²) in [5, 5.41) is 3.31. The van der Waals surface area contributed by atoms with Crippen LogP contribution in [0.1, 0.15) is 18.5 Å². The highest BCUT2D eigenvalue weighted by atomic mass is 35.5. The van der Waals surface area contributed by atoms with Crippen LogP contribution < -0.4 is 5.32 Å². The standard InChI is InChI=1S/C10H15N3O.ClH/c1-2-10(7-11-3-1)14-8-9-6-12-4-5-13-9;/h4-6,10-11H,1-3,7-8H2;1H. The van der Waals surface area contributed by atoms with Crippen molar-refractivity contribution in [3.05, 3.63) is 24.3 Å². The second kappa shape index (κ2) is 6.71. The summed E-state index contributed by atoms with van der Waals surface area (Å²) in [5.41, 5.74) is 0.901. The number of aromatic nitrogens is 2. The summed E-state index contributed by atoms with van der Waals surface area (Å²) in [6.07, 6.45) is 7.80. The molecular weight excluding hydrogens is 214 g/mol. The highest BCUT2D eigenvalue weighted by Crippen LogP contribution is 2.07. The molecule has 2 rings (SSSR count). The van der Waals surface area contributed by atoms with Crippen molar-refractivity contribution < 1.29 is 4.74 Å². The summed E-state index contributed by atoms with van der Waals surface area (Å²) in [5.74, 6) is 0. The number of nitrogens with zero attached hydrogens (tertiary/aromatic N) is 2. The molecule has 1 aliphatic rings. The molecule has 1 aromatic rings. The third-order valence-electron chi connectivity index (χ3n) is 2.34. The zero-order chi connectivity index (χ0) is 9.64. The van der Waals surface area contributed by atoms with Gasteiger partial charge in [0, 0.05) is 18.9 Å². The van der Waals surface area contributed by atoms with Gasteiger partial charge in [-0.1, -0.05) is 0 Å². The minimum atomic E-state index is 0. The third-order valence-corrected chi connectivity index (χ3v) is 2.34. The molecule has 0 saturated carbocycles. The molecule has 1 aliphatic heterocycles. The lowest BCUT2D eigenvalue weighted by molar-refractivity contribution is 0.0235. The summed E-state index contributed by atoms with van der Waals surface area (Å²) >= 11 is 0. The normalized spacial score (nSPS) is 20.7. The van der Waals surface area contributed by atoms with Gasteiger partial charge >= 0.3 is 0 Å². The number of halogens is 1. The lowest BCUT2D eigenvalue weighted by atomic mass is 10.1. The van der Waals surface area contributed by atoms with Crippen LogP contribution in [0.3, 0.4) is 0 Å². The highest BCUT2D eigenvalue weighted by molar-refractivity contribution is 5.85. The van der Waals surface area contributed by atoms with Crippen LogP contribution in [0.4, 0.5) is 0 Å². The Bertz CT molecular complexity index is 265. The van der Waals surface area contributed by atoms with Crippen LogP contribution in [-0.2, 0) is 11.3 Å². The molecule has 84 valence electrons. The van der Waals surface area contributed by atoms with Crippen molar-refractivity contribution in [1.82, 2.24) is 15.3 Å². The van der Waals surface area contributed by atoms with Crippen molar-refractivity contribution in [3.8, 4) is 0 Å². The lowest BCUT2D eigenvalue weighted by Crippen LogP contribution is -2.35. The number of hydrogen-bond acceptors (Lipinski definition) is 4. The molecule has 4 nitrogen and oxygen atoms in total. The molecular formula is C10H16ClN3O. The molecule has 1 saturated heterocycles. The average molecular weight is 230 g/mol. The van der Waals surface area contributed by atoms with Crippen molar-refractivity contribution in [2.75, 3.05) is 13.1 Å². The maximum absolute atomic E-state index is 5.70. The van der Waals surface area contributed by atoms with Gasteiger partial charge in [-0.2, -0.15) is 0 Å². The Labute approximate surface area is 95.9 Å².